The SMILES string of the molecule is COCCOCc1cc(C(=O)N[C@H]2CCCCC[C@H]2C(=O)O)ccc1F. The van der Waals surface area contributed by atoms with Gasteiger partial charge in [0.25, 0.3) is 5.91 Å². The molecule has 26 heavy (non-hydrogen) atoms. The van der Waals surface area contributed by atoms with Crippen molar-refractivity contribution in [2.75, 3.05) is 20.3 Å². The van der Waals surface area contributed by atoms with Gasteiger partial charge in [-0.05, 0) is 31.0 Å². The lowest BCUT2D eigenvalue weighted by Gasteiger charge is -2.23. The Bertz CT molecular complexity index is 622. The number of rotatable bonds is 8. The molecule has 6 nitrogen and oxygen atoms in total. The van der Waals surface area contributed by atoms with Gasteiger partial charge in [0.2, 0.25) is 0 Å². The monoisotopic (exact) mass is 367 g/mol. The quantitative estimate of drug-likeness (QED) is 0.545. The minimum atomic E-state index is -0.886. The highest BCUT2D eigenvalue weighted by atomic mass is 19.1. The predicted octanol–water partition coefficient (Wildman–Crippen LogP) is 2.75. The Labute approximate surface area is 152 Å². The summed E-state index contributed by atoms with van der Waals surface area (Å²) in [7, 11) is 1.55. The molecule has 0 aromatic heterocycles. The third kappa shape index (κ3) is 5.78. The van der Waals surface area contributed by atoms with E-state index in [1.54, 1.807) is 7.11 Å². The highest BCUT2D eigenvalue weighted by Gasteiger charge is 2.30. The largest absolute Gasteiger partial charge is 0.481 e. The van der Waals surface area contributed by atoms with E-state index in [0.717, 1.165) is 19.3 Å². The number of amides is 1. The molecule has 144 valence electrons. The summed E-state index contributed by atoms with van der Waals surface area (Å²) in [6, 6.07) is 3.67. The van der Waals surface area contributed by atoms with E-state index < -0.39 is 23.7 Å². The van der Waals surface area contributed by atoms with Gasteiger partial charge in [0.1, 0.15) is 5.82 Å². The van der Waals surface area contributed by atoms with Crippen LogP contribution in [-0.4, -0.2) is 43.3 Å². The number of carbonyl (C=O) groups is 2. The van der Waals surface area contributed by atoms with Crippen LogP contribution in [0.5, 0.6) is 0 Å². The van der Waals surface area contributed by atoms with Crippen LogP contribution in [0.3, 0.4) is 0 Å². The van der Waals surface area contributed by atoms with Gasteiger partial charge in [-0.2, -0.15) is 0 Å². The number of hydrogen-bond donors (Lipinski definition) is 2. The fourth-order valence-electron chi connectivity index (χ4n) is 3.18. The van der Waals surface area contributed by atoms with Crippen molar-refractivity contribution in [2.45, 2.75) is 44.8 Å². The average molecular weight is 367 g/mol. The minimum Gasteiger partial charge on any atom is -0.481 e. The zero-order valence-electron chi connectivity index (χ0n) is 15.0. The molecule has 1 aromatic carbocycles. The maximum absolute atomic E-state index is 13.9. The molecule has 1 aliphatic rings. The van der Waals surface area contributed by atoms with Crippen LogP contribution < -0.4 is 5.32 Å². The van der Waals surface area contributed by atoms with Crippen LogP contribution in [0.1, 0.15) is 48.0 Å². The van der Waals surface area contributed by atoms with Gasteiger partial charge in [-0.1, -0.05) is 19.3 Å². The van der Waals surface area contributed by atoms with E-state index in [-0.39, 0.29) is 18.1 Å². The lowest BCUT2D eigenvalue weighted by molar-refractivity contribution is -0.142. The fraction of sp³-hybridized carbons (Fsp3) is 0.579. The van der Waals surface area contributed by atoms with E-state index >= 15 is 0 Å². The first kappa shape index (κ1) is 20.3. The molecule has 1 aromatic rings. The Kier molecular flexibility index (Phi) is 8.00. The number of hydrogen-bond acceptors (Lipinski definition) is 4. The Morgan fingerprint density at radius 1 is 1.23 bits per heavy atom. The number of carboxylic acids is 1. The molecule has 1 fully saturated rings. The van der Waals surface area contributed by atoms with E-state index in [0.29, 0.717) is 31.6 Å². The van der Waals surface area contributed by atoms with Crippen LogP contribution in [0, 0.1) is 11.7 Å². The van der Waals surface area contributed by atoms with Gasteiger partial charge in [0.15, 0.2) is 0 Å². The first-order valence-electron chi connectivity index (χ1n) is 8.91. The third-order valence-corrected chi connectivity index (χ3v) is 4.65. The second-order valence-electron chi connectivity index (χ2n) is 6.51. The topological polar surface area (TPSA) is 84.9 Å². The van der Waals surface area contributed by atoms with Gasteiger partial charge in [0, 0.05) is 24.3 Å². The maximum Gasteiger partial charge on any atom is 0.308 e. The van der Waals surface area contributed by atoms with E-state index in [9.17, 15) is 19.1 Å². The molecule has 2 N–H and O–H groups in total. The highest BCUT2D eigenvalue weighted by Crippen LogP contribution is 2.24. The van der Waals surface area contributed by atoms with E-state index in [1.807, 2.05) is 0 Å². The number of halogens is 1. The zero-order valence-corrected chi connectivity index (χ0v) is 15.0. The van der Waals surface area contributed by atoms with Crippen molar-refractivity contribution < 1.29 is 28.6 Å². The van der Waals surface area contributed by atoms with Crippen molar-refractivity contribution in [2.24, 2.45) is 5.92 Å². The van der Waals surface area contributed by atoms with E-state index in [2.05, 4.69) is 5.32 Å². The van der Waals surface area contributed by atoms with Crippen molar-refractivity contribution in [3.05, 3.63) is 35.1 Å². The molecule has 0 spiro atoms. The number of carboxylic acid groups (broad SMARTS) is 1. The van der Waals surface area contributed by atoms with Gasteiger partial charge in [0.05, 0.1) is 25.7 Å². The molecule has 2 atom stereocenters. The highest BCUT2D eigenvalue weighted by molar-refractivity contribution is 5.94. The predicted molar refractivity (Wildman–Crippen MR) is 93.4 cm³/mol. The summed E-state index contributed by atoms with van der Waals surface area (Å²) in [6.45, 7) is 0.770. The average Bonchev–Trinajstić information content (AvgIpc) is 2.85. The maximum atomic E-state index is 13.9. The summed E-state index contributed by atoms with van der Waals surface area (Å²) in [5, 5.41) is 12.2. The molecule has 0 heterocycles. The summed E-state index contributed by atoms with van der Waals surface area (Å²) in [4.78, 5) is 24.0. The van der Waals surface area contributed by atoms with Crippen LogP contribution in [0.2, 0.25) is 0 Å². The van der Waals surface area contributed by atoms with Gasteiger partial charge < -0.3 is 19.9 Å². The second kappa shape index (κ2) is 10.2. The van der Waals surface area contributed by atoms with Crippen molar-refractivity contribution in [1.82, 2.24) is 5.32 Å². The van der Waals surface area contributed by atoms with Crippen LogP contribution in [-0.2, 0) is 20.9 Å². The summed E-state index contributed by atoms with van der Waals surface area (Å²) < 4.78 is 24.1. The molecule has 1 amide bonds. The number of carbonyl (C=O) groups excluding carboxylic acids is 1. The molecule has 7 heteroatoms. The Balaban J connectivity index is 2.04. The van der Waals surface area contributed by atoms with Gasteiger partial charge in [-0.3, -0.25) is 9.59 Å². The Morgan fingerprint density at radius 3 is 2.73 bits per heavy atom. The number of aliphatic carboxylic acids is 1. The fourth-order valence-corrected chi connectivity index (χ4v) is 3.18. The standard InChI is InChI=1S/C19H26FNO5/c1-25-9-10-26-12-14-11-13(7-8-16(14)20)18(22)21-17-6-4-2-3-5-15(17)19(23)24/h7-8,11,15,17H,2-6,9-10,12H2,1H3,(H,21,22)(H,23,24)/t15-,17+/m1/s1. The van der Waals surface area contributed by atoms with Crippen LogP contribution in [0.4, 0.5) is 4.39 Å². The number of ether oxygens (including phenoxy) is 2. The van der Waals surface area contributed by atoms with Gasteiger partial charge in [-0.15, -0.1) is 0 Å². The molecular formula is C19H26FNO5. The van der Waals surface area contributed by atoms with Crippen LogP contribution >= 0.6 is 0 Å². The third-order valence-electron chi connectivity index (χ3n) is 4.65. The molecule has 0 radical (unpaired) electrons. The van der Waals surface area contributed by atoms with Gasteiger partial charge >= 0.3 is 5.97 Å². The second-order valence-corrected chi connectivity index (χ2v) is 6.51. The smallest absolute Gasteiger partial charge is 0.308 e. The molecule has 0 saturated heterocycles. The van der Waals surface area contributed by atoms with E-state index in [4.69, 9.17) is 9.47 Å². The lowest BCUT2D eigenvalue weighted by Crippen LogP contribution is -2.42. The molecule has 0 aliphatic heterocycles. The molecular weight excluding hydrogens is 341 g/mol. The first-order chi connectivity index (χ1) is 12.5. The van der Waals surface area contributed by atoms with Crippen molar-refractivity contribution in [3.8, 4) is 0 Å². The van der Waals surface area contributed by atoms with Crippen molar-refractivity contribution >= 4 is 11.9 Å². The van der Waals surface area contributed by atoms with E-state index in [1.165, 1.54) is 18.2 Å². The summed E-state index contributed by atoms with van der Waals surface area (Å²) in [6.07, 6.45) is 3.90. The van der Waals surface area contributed by atoms with Crippen LogP contribution in [0.15, 0.2) is 18.2 Å². The minimum absolute atomic E-state index is 0.0392. The Morgan fingerprint density at radius 2 is 2.00 bits per heavy atom. The molecule has 1 aliphatic carbocycles. The number of nitrogens with one attached hydrogen (secondary N) is 1. The first-order valence-corrected chi connectivity index (χ1v) is 8.91. The summed E-state index contributed by atoms with van der Waals surface area (Å²) in [5.74, 6) is -2.31. The van der Waals surface area contributed by atoms with Crippen LogP contribution in [0.25, 0.3) is 0 Å². The normalized spacial score (nSPS) is 20.4. The zero-order chi connectivity index (χ0) is 18.9. The van der Waals surface area contributed by atoms with Crippen molar-refractivity contribution in [1.29, 1.82) is 0 Å². The summed E-state index contributed by atoms with van der Waals surface area (Å²) in [5.41, 5.74) is 0.578. The van der Waals surface area contributed by atoms with Gasteiger partial charge in [-0.25, -0.2) is 4.39 Å². The number of methoxy groups -OCH3 is 1. The molecule has 1 saturated carbocycles. The molecule has 0 unspecified atom stereocenters. The Hall–Kier alpha value is -1.99. The van der Waals surface area contributed by atoms with Crippen molar-refractivity contribution in [3.63, 3.8) is 0 Å². The molecule has 2 rings (SSSR count). The summed E-state index contributed by atoms with van der Waals surface area (Å²) >= 11 is 0. The number of benzene rings is 1. The lowest BCUT2D eigenvalue weighted by atomic mass is 9.94. The molecule has 0 bridgehead atoms.